The summed E-state index contributed by atoms with van der Waals surface area (Å²) in [6.45, 7) is 0.857. The van der Waals surface area contributed by atoms with E-state index in [1.165, 1.54) is 11.3 Å². The Morgan fingerprint density at radius 3 is 2.71 bits per heavy atom. The van der Waals surface area contributed by atoms with Gasteiger partial charge in [-0.2, -0.15) is 18.2 Å². The average molecular weight is 428 g/mol. The summed E-state index contributed by atoms with van der Waals surface area (Å²) < 4.78 is 42.5. The molecule has 3 heterocycles. The van der Waals surface area contributed by atoms with E-state index in [2.05, 4.69) is 14.7 Å². The summed E-state index contributed by atoms with van der Waals surface area (Å²) in [4.78, 5) is 18.8. The average Bonchev–Trinajstić information content (AvgIpc) is 3.29. The van der Waals surface area contributed by atoms with E-state index in [1.807, 2.05) is 0 Å². The van der Waals surface area contributed by atoms with E-state index in [4.69, 9.17) is 11.6 Å². The molecule has 146 valence electrons. The Morgan fingerprint density at radius 1 is 1.29 bits per heavy atom. The van der Waals surface area contributed by atoms with Crippen LogP contribution in [0.4, 0.5) is 13.2 Å². The number of thiophene rings is 1. The second-order valence-electron chi connectivity index (χ2n) is 6.34. The quantitative estimate of drug-likeness (QED) is 0.613. The largest absolute Gasteiger partial charge is 0.471 e. The number of carbonyl (C=O) groups excluding carboxylic acids is 1. The topological polar surface area (TPSA) is 59.2 Å². The highest BCUT2D eigenvalue weighted by molar-refractivity contribution is 7.10. The van der Waals surface area contributed by atoms with E-state index in [0.717, 1.165) is 16.0 Å². The van der Waals surface area contributed by atoms with Crippen LogP contribution in [0.5, 0.6) is 0 Å². The first-order chi connectivity index (χ1) is 13.3. The molecule has 0 radical (unpaired) electrons. The van der Waals surface area contributed by atoms with Crippen LogP contribution in [0.2, 0.25) is 5.02 Å². The molecule has 1 amide bonds. The maximum Gasteiger partial charge on any atom is 0.471 e. The van der Waals surface area contributed by atoms with Crippen molar-refractivity contribution >= 4 is 28.8 Å². The molecular weight excluding hydrogens is 415 g/mol. The van der Waals surface area contributed by atoms with Gasteiger partial charge in [-0.1, -0.05) is 28.9 Å². The number of alkyl halides is 3. The Kier molecular flexibility index (Phi) is 4.88. The molecular formula is C18H13ClF3N3O2S. The molecule has 0 saturated heterocycles. The lowest BCUT2D eigenvalue weighted by molar-refractivity contribution is -0.159. The molecule has 2 aromatic heterocycles. The standard InChI is InChI=1S/C18H13ClF3N3O2S/c19-11-3-1-10(2-4-11)7-15(26)25-6-5-14-12(8-25)13(9-28-14)16-23-17(27-24-16)18(20,21)22/h1-4,9H,5-8H2. The van der Waals surface area contributed by atoms with E-state index in [9.17, 15) is 18.0 Å². The third-order valence-electron chi connectivity index (χ3n) is 4.47. The fourth-order valence-corrected chi connectivity index (χ4v) is 4.21. The van der Waals surface area contributed by atoms with Gasteiger partial charge in [0, 0.05) is 33.9 Å². The fourth-order valence-electron chi connectivity index (χ4n) is 3.05. The van der Waals surface area contributed by atoms with Crippen LogP contribution in [0.3, 0.4) is 0 Å². The zero-order valence-corrected chi connectivity index (χ0v) is 15.9. The van der Waals surface area contributed by atoms with Crippen molar-refractivity contribution in [3.63, 3.8) is 0 Å². The molecule has 10 heteroatoms. The first kappa shape index (κ1) is 18.9. The maximum absolute atomic E-state index is 12.7. The van der Waals surface area contributed by atoms with Crippen molar-refractivity contribution in [2.45, 2.75) is 25.6 Å². The first-order valence-corrected chi connectivity index (χ1v) is 9.60. The van der Waals surface area contributed by atoms with Gasteiger partial charge in [-0.05, 0) is 29.7 Å². The number of aromatic nitrogens is 2. The SMILES string of the molecule is O=C(Cc1ccc(Cl)cc1)N1CCc2scc(-c3noc(C(F)(F)F)n3)c2C1. The van der Waals surface area contributed by atoms with Crippen LogP contribution < -0.4 is 0 Å². The van der Waals surface area contributed by atoms with Gasteiger partial charge in [0.1, 0.15) is 0 Å². The van der Waals surface area contributed by atoms with Gasteiger partial charge >= 0.3 is 12.1 Å². The summed E-state index contributed by atoms with van der Waals surface area (Å²) >= 11 is 7.29. The third kappa shape index (κ3) is 3.77. The lowest BCUT2D eigenvalue weighted by atomic mass is 10.0. The second kappa shape index (κ2) is 7.21. The van der Waals surface area contributed by atoms with Crippen LogP contribution in [0.25, 0.3) is 11.4 Å². The van der Waals surface area contributed by atoms with Crippen molar-refractivity contribution in [1.82, 2.24) is 15.0 Å². The Morgan fingerprint density at radius 2 is 2.04 bits per heavy atom. The summed E-state index contributed by atoms with van der Waals surface area (Å²) in [5.41, 5.74) is 2.09. The van der Waals surface area contributed by atoms with Crippen LogP contribution in [0.15, 0.2) is 34.2 Å². The van der Waals surface area contributed by atoms with Crippen molar-refractivity contribution < 1.29 is 22.5 Å². The lowest BCUT2D eigenvalue weighted by Gasteiger charge is -2.27. The number of rotatable bonds is 3. The smallest absolute Gasteiger partial charge is 0.338 e. The molecule has 0 saturated carbocycles. The molecule has 0 spiro atoms. The Bertz CT molecular complexity index is 1010. The Balaban J connectivity index is 1.53. The molecule has 0 atom stereocenters. The number of nitrogens with zero attached hydrogens (tertiary/aromatic N) is 3. The number of benzene rings is 1. The second-order valence-corrected chi connectivity index (χ2v) is 7.74. The predicted octanol–water partition coefficient (Wildman–Crippen LogP) is 4.60. The molecule has 1 aliphatic heterocycles. The molecule has 1 aromatic carbocycles. The molecule has 28 heavy (non-hydrogen) atoms. The van der Waals surface area contributed by atoms with Gasteiger partial charge in [0.25, 0.3) is 0 Å². The Labute approximate surface area is 166 Å². The Hall–Kier alpha value is -2.39. The maximum atomic E-state index is 12.7. The number of hydrogen-bond donors (Lipinski definition) is 0. The van der Waals surface area contributed by atoms with Crippen molar-refractivity contribution in [3.8, 4) is 11.4 Å². The first-order valence-electron chi connectivity index (χ1n) is 8.34. The number of carbonyl (C=O) groups is 1. The number of fused-ring (bicyclic) bond motifs is 1. The van der Waals surface area contributed by atoms with Crippen LogP contribution in [-0.4, -0.2) is 27.5 Å². The zero-order chi connectivity index (χ0) is 19.9. The van der Waals surface area contributed by atoms with Gasteiger partial charge in [0.05, 0.1) is 6.42 Å². The predicted molar refractivity (Wildman–Crippen MR) is 96.9 cm³/mol. The van der Waals surface area contributed by atoms with E-state index < -0.39 is 12.1 Å². The molecule has 0 N–H and O–H groups in total. The summed E-state index contributed by atoms with van der Waals surface area (Å²) in [6.07, 6.45) is -3.83. The number of halogens is 4. The molecule has 0 bridgehead atoms. The van der Waals surface area contributed by atoms with Crippen molar-refractivity contribution in [2.24, 2.45) is 0 Å². The van der Waals surface area contributed by atoms with E-state index in [-0.39, 0.29) is 18.2 Å². The highest BCUT2D eigenvalue weighted by atomic mass is 35.5. The molecule has 5 nitrogen and oxygen atoms in total. The molecule has 1 aliphatic rings. The van der Waals surface area contributed by atoms with Gasteiger partial charge in [-0.15, -0.1) is 11.3 Å². The van der Waals surface area contributed by atoms with Gasteiger partial charge < -0.3 is 9.42 Å². The lowest BCUT2D eigenvalue weighted by Crippen LogP contribution is -2.36. The molecule has 0 unspecified atom stereocenters. The van der Waals surface area contributed by atoms with E-state index in [1.54, 1.807) is 34.5 Å². The zero-order valence-electron chi connectivity index (χ0n) is 14.3. The fraction of sp³-hybridized carbons (Fsp3) is 0.278. The highest BCUT2D eigenvalue weighted by Gasteiger charge is 2.39. The van der Waals surface area contributed by atoms with Crippen molar-refractivity contribution in [2.75, 3.05) is 6.54 Å². The summed E-state index contributed by atoms with van der Waals surface area (Å²) in [7, 11) is 0. The minimum atomic E-state index is -4.69. The third-order valence-corrected chi connectivity index (χ3v) is 5.81. The van der Waals surface area contributed by atoms with Crippen LogP contribution >= 0.6 is 22.9 Å². The van der Waals surface area contributed by atoms with Gasteiger partial charge in [-0.3, -0.25) is 4.79 Å². The summed E-state index contributed by atoms with van der Waals surface area (Å²) in [6, 6.07) is 7.04. The van der Waals surface area contributed by atoms with Crippen molar-refractivity contribution in [3.05, 3.63) is 56.6 Å². The molecule has 0 fully saturated rings. The van der Waals surface area contributed by atoms with Gasteiger partial charge in [-0.25, -0.2) is 0 Å². The van der Waals surface area contributed by atoms with Crippen LogP contribution in [0, 0.1) is 0 Å². The summed E-state index contributed by atoms with van der Waals surface area (Å²) in [5, 5.41) is 5.77. The molecule has 4 rings (SSSR count). The van der Waals surface area contributed by atoms with E-state index in [0.29, 0.717) is 30.1 Å². The minimum absolute atomic E-state index is 0.0609. The van der Waals surface area contributed by atoms with Gasteiger partial charge in [0.2, 0.25) is 11.7 Å². The van der Waals surface area contributed by atoms with Crippen LogP contribution in [-0.2, 0) is 30.4 Å². The number of amides is 1. The van der Waals surface area contributed by atoms with Gasteiger partial charge in [0.15, 0.2) is 0 Å². The highest BCUT2D eigenvalue weighted by Crippen LogP contribution is 2.36. The normalized spacial score (nSPS) is 14.2. The molecule has 3 aromatic rings. The molecule has 0 aliphatic carbocycles. The minimum Gasteiger partial charge on any atom is -0.338 e. The van der Waals surface area contributed by atoms with Crippen LogP contribution in [0.1, 0.15) is 21.9 Å². The summed E-state index contributed by atoms with van der Waals surface area (Å²) in [5.74, 6) is -1.56. The number of hydrogen-bond acceptors (Lipinski definition) is 5. The van der Waals surface area contributed by atoms with E-state index >= 15 is 0 Å². The van der Waals surface area contributed by atoms with Crippen molar-refractivity contribution in [1.29, 1.82) is 0 Å². The monoisotopic (exact) mass is 427 g/mol.